The molecule has 4 rings (SSSR count). The molecule has 33 heavy (non-hydrogen) atoms. The van der Waals surface area contributed by atoms with Crippen molar-refractivity contribution in [3.8, 4) is 11.4 Å². The number of methoxy groups -OCH3 is 1. The summed E-state index contributed by atoms with van der Waals surface area (Å²) in [6.07, 6.45) is 3.79. The van der Waals surface area contributed by atoms with Crippen LogP contribution in [0.25, 0.3) is 5.69 Å². The van der Waals surface area contributed by atoms with Gasteiger partial charge in [0.1, 0.15) is 11.6 Å². The Morgan fingerprint density at radius 2 is 1.82 bits per heavy atom. The van der Waals surface area contributed by atoms with E-state index in [9.17, 15) is 4.79 Å². The topological polar surface area (TPSA) is 78.1 Å². The lowest BCUT2D eigenvalue weighted by molar-refractivity contribution is -0.127. The molecule has 0 aliphatic rings. The van der Waals surface area contributed by atoms with Gasteiger partial charge >= 0.3 is 0 Å². The van der Waals surface area contributed by atoms with Crippen LogP contribution in [0.3, 0.4) is 0 Å². The van der Waals surface area contributed by atoms with Gasteiger partial charge in [-0.25, -0.2) is 0 Å². The summed E-state index contributed by atoms with van der Waals surface area (Å²) in [4.78, 5) is 14.5. The number of benzene rings is 2. The van der Waals surface area contributed by atoms with E-state index in [2.05, 4.69) is 27.4 Å². The van der Waals surface area contributed by atoms with Crippen molar-refractivity contribution in [1.82, 2.24) is 29.4 Å². The number of nitrogens with zero attached hydrogens (tertiary/aromatic N) is 6. The van der Waals surface area contributed by atoms with E-state index in [0.29, 0.717) is 18.2 Å². The molecule has 0 saturated heterocycles. The molecule has 0 spiro atoms. The molecule has 0 aliphatic carbocycles. The Morgan fingerprint density at radius 3 is 2.55 bits per heavy atom. The van der Waals surface area contributed by atoms with Crippen LogP contribution in [0.4, 0.5) is 0 Å². The summed E-state index contributed by atoms with van der Waals surface area (Å²) in [5.74, 6) is 1.82. The van der Waals surface area contributed by atoms with Gasteiger partial charge in [-0.05, 0) is 36.8 Å². The number of aromatic nitrogens is 5. The van der Waals surface area contributed by atoms with Crippen LogP contribution >= 0.6 is 11.8 Å². The molecular weight excluding hydrogens is 436 g/mol. The highest BCUT2D eigenvalue weighted by molar-refractivity contribution is 7.99. The average molecular weight is 463 g/mol. The van der Waals surface area contributed by atoms with E-state index in [1.165, 1.54) is 17.3 Å². The first-order chi connectivity index (χ1) is 16.0. The van der Waals surface area contributed by atoms with Crippen LogP contribution in [0.2, 0.25) is 0 Å². The number of carbonyl (C=O) groups excluding carboxylic acids is 1. The fourth-order valence-corrected chi connectivity index (χ4v) is 4.35. The lowest BCUT2D eigenvalue weighted by Gasteiger charge is -2.16. The number of thioether (sulfide) groups is 1. The maximum atomic E-state index is 12.8. The van der Waals surface area contributed by atoms with Gasteiger partial charge in [0.15, 0.2) is 5.16 Å². The van der Waals surface area contributed by atoms with Crippen molar-refractivity contribution >= 4 is 17.7 Å². The molecule has 9 heteroatoms. The minimum absolute atomic E-state index is 0.0118. The zero-order valence-electron chi connectivity index (χ0n) is 18.9. The fraction of sp³-hybridized carbons (Fsp3) is 0.250. The van der Waals surface area contributed by atoms with Crippen LogP contribution in [0.1, 0.15) is 17.0 Å². The summed E-state index contributed by atoms with van der Waals surface area (Å²) in [7, 11) is 3.44. The zero-order valence-corrected chi connectivity index (χ0v) is 19.7. The molecule has 0 bridgehead atoms. The first-order valence-electron chi connectivity index (χ1n) is 10.5. The van der Waals surface area contributed by atoms with Gasteiger partial charge in [-0.15, -0.1) is 10.2 Å². The number of ether oxygens (including phenoxy) is 1. The summed E-state index contributed by atoms with van der Waals surface area (Å²) in [6, 6.07) is 17.8. The molecule has 0 atom stereocenters. The van der Waals surface area contributed by atoms with E-state index < -0.39 is 0 Å². The van der Waals surface area contributed by atoms with Crippen LogP contribution < -0.4 is 4.74 Å². The van der Waals surface area contributed by atoms with Gasteiger partial charge in [-0.2, -0.15) is 5.10 Å². The van der Waals surface area contributed by atoms with Gasteiger partial charge in [0, 0.05) is 31.0 Å². The molecule has 2 heterocycles. The summed E-state index contributed by atoms with van der Waals surface area (Å²) in [5, 5.41) is 13.5. The average Bonchev–Trinajstić information content (AvgIpc) is 3.43. The lowest BCUT2D eigenvalue weighted by Crippen LogP contribution is -2.27. The maximum absolute atomic E-state index is 12.8. The van der Waals surface area contributed by atoms with E-state index >= 15 is 0 Å². The Labute approximate surface area is 197 Å². The number of carbonyl (C=O) groups is 1. The molecule has 0 fully saturated rings. The molecule has 0 N–H and O–H groups in total. The molecular formula is C24H26N6O2S. The van der Waals surface area contributed by atoms with E-state index in [-0.39, 0.29) is 11.7 Å². The fourth-order valence-electron chi connectivity index (χ4n) is 3.41. The van der Waals surface area contributed by atoms with Gasteiger partial charge in [-0.1, -0.05) is 42.1 Å². The van der Waals surface area contributed by atoms with Crippen molar-refractivity contribution in [2.75, 3.05) is 19.9 Å². The minimum Gasteiger partial charge on any atom is -0.497 e. The second kappa shape index (κ2) is 10.4. The summed E-state index contributed by atoms with van der Waals surface area (Å²) in [6.45, 7) is 3.09. The highest BCUT2D eigenvalue weighted by atomic mass is 32.2. The number of hydrogen-bond acceptors (Lipinski definition) is 6. The first-order valence-corrected chi connectivity index (χ1v) is 11.5. The molecule has 8 nitrogen and oxygen atoms in total. The SMILES string of the molecule is COc1ccc(-n2c(C)nnc2SCC(=O)N(C)Cc2cnn(Cc3ccccc3)c2)cc1. The normalized spacial score (nSPS) is 10.9. The van der Waals surface area contributed by atoms with Crippen molar-refractivity contribution in [3.63, 3.8) is 0 Å². The number of amides is 1. The lowest BCUT2D eigenvalue weighted by atomic mass is 10.2. The van der Waals surface area contributed by atoms with E-state index in [0.717, 1.165) is 22.8 Å². The molecule has 4 aromatic rings. The summed E-state index contributed by atoms with van der Waals surface area (Å²) in [5.41, 5.74) is 3.10. The molecule has 0 saturated carbocycles. The maximum Gasteiger partial charge on any atom is 0.233 e. The van der Waals surface area contributed by atoms with Crippen molar-refractivity contribution in [3.05, 3.63) is 83.9 Å². The van der Waals surface area contributed by atoms with E-state index in [1.54, 1.807) is 19.1 Å². The van der Waals surface area contributed by atoms with Gasteiger partial charge in [0.25, 0.3) is 0 Å². The first kappa shape index (κ1) is 22.6. The summed E-state index contributed by atoms with van der Waals surface area (Å²) >= 11 is 1.37. The van der Waals surface area contributed by atoms with Crippen molar-refractivity contribution < 1.29 is 9.53 Å². The highest BCUT2D eigenvalue weighted by Crippen LogP contribution is 2.24. The van der Waals surface area contributed by atoms with Crippen LogP contribution in [0.15, 0.2) is 72.1 Å². The van der Waals surface area contributed by atoms with Gasteiger partial charge in [-0.3, -0.25) is 14.0 Å². The van der Waals surface area contributed by atoms with Crippen LogP contribution in [-0.4, -0.2) is 55.3 Å². The third-order valence-electron chi connectivity index (χ3n) is 5.17. The van der Waals surface area contributed by atoms with Gasteiger partial charge < -0.3 is 9.64 Å². The molecule has 2 aromatic heterocycles. The standard InChI is InChI=1S/C24H26N6O2S/c1-18-26-27-24(30(18)21-9-11-22(32-3)12-10-21)33-17-23(31)28(2)14-20-13-25-29(16-20)15-19-7-5-4-6-8-19/h4-13,16H,14-15,17H2,1-3H3. The molecule has 0 aliphatic heterocycles. The Morgan fingerprint density at radius 1 is 1.06 bits per heavy atom. The summed E-state index contributed by atoms with van der Waals surface area (Å²) < 4.78 is 9.05. The van der Waals surface area contributed by atoms with Crippen LogP contribution in [0, 0.1) is 6.92 Å². The molecule has 1 amide bonds. The van der Waals surface area contributed by atoms with Crippen molar-refractivity contribution in [2.45, 2.75) is 25.2 Å². The van der Waals surface area contributed by atoms with E-state index in [4.69, 9.17) is 4.74 Å². The second-order valence-corrected chi connectivity index (χ2v) is 8.58. The minimum atomic E-state index is 0.0118. The number of hydrogen-bond donors (Lipinski definition) is 0. The van der Waals surface area contributed by atoms with Gasteiger partial charge in [0.05, 0.1) is 25.6 Å². The highest BCUT2D eigenvalue weighted by Gasteiger charge is 2.16. The third-order valence-corrected chi connectivity index (χ3v) is 6.08. The Kier molecular flexibility index (Phi) is 7.09. The van der Waals surface area contributed by atoms with Crippen molar-refractivity contribution in [1.29, 1.82) is 0 Å². The molecule has 170 valence electrons. The van der Waals surface area contributed by atoms with Crippen LogP contribution in [0.5, 0.6) is 5.75 Å². The molecule has 2 aromatic carbocycles. The quantitative estimate of drug-likeness (QED) is 0.354. The predicted molar refractivity (Wildman–Crippen MR) is 128 cm³/mol. The van der Waals surface area contributed by atoms with Crippen LogP contribution in [-0.2, 0) is 17.9 Å². The second-order valence-electron chi connectivity index (χ2n) is 7.63. The monoisotopic (exact) mass is 462 g/mol. The number of rotatable bonds is 9. The molecule has 0 unspecified atom stereocenters. The third kappa shape index (κ3) is 5.61. The predicted octanol–water partition coefficient (Wildman–Crippen LogP) is 3.58. The van der Waals surface area contributed by atoms with Gasteiger partial charge in [0.2, 0.25) is 5.91 Å². The molecule has 0 radical (unpaired) electrons. The zero-order chi connectivity index (χ0) is 23.2. The number of aryl methyl sites for hydroxylation is 1. The van der Waals surface area contributed by atoms with E-state index in [1.807, 2.05) is 71.0 Å². The smallest absolute Gasteiger partial charge is 0.233 e. The Bertz CT molecular complexity index is 1200. The Hall–Kier alpha value is -3.59. The Balaban J connectivity index is 1.35. The van der Waals surface area contributed by atoms with Crippen molar-refractivity contribution in [2.24, 2.45) is 0 Å². The largest absolute Gasteiger partial charge is 0.497 e.